The van der Waals surface area contributed by atoms with Gasteiger partial charge in [-0.3, -0.25) is 4.79 Å². The molecule has 1 saturated carbocycles. The highest BCUT2D eigenvalue weighted by Crippen LogP contribution is 2.45. The monoisotopic (exact) mass is 414 g/mol. The van der Waals surface area contributed by atoms with Gasteiger partial charge in [0.25, 0.3) is 0 Å². The van der Waals surface area contributed by atoms with Gasteiger partial charge in [0.15, 0.2) is 0 Å². The molecule has 0 spiro atoms. The van der Waals surface area contributed by atoms with Gasteiger partial charge in [-0.05, 0) is 61.1 Å². The lowest BCUT2D eigenvalue weighted by atomic mass is 9.97. The van der Waals surface area contributed by atoms with Crippen molar-refractivity contribution in [2.45, 2.75) is 50.8 Å². The van der Waals surface area contributed by atoms with Gasteiger partial charge in [0.2, 0.25) is 5.91 Å². The topological polar surface area (TPSA) is 61.4 Å². The summed E-state index contributed by atoms with van der Waals surface area (Å²) in [6.07, 6.45) is 1.08. The first-order chi connectivity index (χ1) is 14.2. The van der Waals surface area contributed by atoms with Crippen LogP contribution in [0.25, 0.3) is 5.57 Å². The first-order valence-electron chi connectivity index (χ1n) is 10.1. The van der Waals surface area contributed by atoms with Gasteiger partial charge in [-0.15, -0.1) is 0 Å². The van der Waals surface area contributed by atoms with Crippen LogP contribution < -0.4 is 10.6 Å². The van der Waals surface area contributed by atoms with Crippen molar-refractivity contribution < 1.29 is 18.7 Å². The largest absolute Gasteiger partial charge is 0.390 e. The maximum Gasteiger partial charge on any atom is 0.217 e. The van der Waals surface area contributed by atoms with Crippen molar-refractivity contribution in [3.8, 4) is 0 Å². The number of aliphatic hydroxyl groups excluding tert-OH is 1. The Morgan fingerprint density at radius 1 is 1.17 bits per heavy atom. The summed E-state index contributed by atoms with van der Waals surface area (Å²) in [5.41, 5.74) is 3.36. The molecular formula is C24H28F2N2O2. The minimum atomic E-state index is -0.929. The van der Waals surface area contributed by atoms with Gasteiger partial charge in [0, 0.05) is 25.1 Å². The molecule has 1 amide bonds. The summed E-state index contributed by atoms with van der Waals surface area (Å²) in [6.45, 7) is 7.54. The Balaban J connectivity index is 1.69. The van der Waals surface area contributed by atoms with Gasteiger partial charge in [-0.25, -0.2) is 8.78 Å². The lowest BCUT2D eigenvalue weighted by Crippen LogP contribution is -2.49. The van der Waals surface area contributed by atoms with Crippen molar-refractivity contribution in [3.05, 3.63) is 77.4 Å². The molecule has 0 bridgehead atoms. The first kappa shape index (κ1) is 22.1. The third-order valence-electron chi connectivity index (χ3n) is 5.54. The van der Waals surface area contributed by atoms with Crippen LogP contribution in [0.5, 0.6) is 0 Å². The number of carbonyl (C=O) groups excluding carboxylic acids is 1. The second-order valence-corrected chi connectivity index (χ2v) is 8.18. The molecule has 6 heteroatoms. The minimum absolute atomic E-state index is 0.120. The third kappa shape index (κ3) is 5.52. The average Bonchev–Trinajstić information content (AvgIpc) is 3.46. The van der Waals surface area contributed by atoms with Crippen LogP contribution in [-0.2, 0) is 16.8 Å². The highest BCUT2D eigenvalue weighted by molar-refractivity contribution is 5.73. The van der Waals surface area contributed by atoms with E-state index in [-0.39, 0.29) is 24.4 Å². The maximum atomic E-state index is 13.5. The van der Waals surface area contributed by atoms with Crippen molar-refractivity contribution in [2.24, 2.45) is 0 Å². The molecule has 0 radical (unpaired) electrons. The Hall–Kier alpha value is -2.57. The average molecular weight is 414 g/mol. The molecule has 1 aliphatic carbocycles. The number of nitrogens with one attached hydrogen (secondary N) is 2. The van der Waals surface area contributed by atoms with E-state index in [9.17, 15) is 18.7 Å². The van der Waals surface area contributed by atoms with E-state index in [0.29, 0.717) is 5.56 Å². The van der Waals surface area contributed by atoms with Crippen LogP contribution >= 0.6 is 0 Å². The van der Waals surface area contributed by atoms with Gasteiger partial charge in [-0.2, -0.15) is 0 Å². The Morgan fingerprint density at radius 3 is 2.40 bits per heavy atom. The summed E-state index contributed by atoms with van der Waals surface area (Å²) in [6, 6.07) is 10.7. The molecule has 3 N–H and O–H groups in total. The molecule has 1 fully saturated rings. The van der Waals surface area contributed by atoms with Gasteiger partial charge < -0.3 is 15.7 Å². The zero-order valence-electron chi connectivity index (χ0n) is 17.3. The predicted molar refractivity (Wildman–Crippen MR) is 114 cm³/mol. The lowest BCUT2D eigenvalue weighted by Gasteiger charge is -2.27. The molecule has 2 aromatic carbocycles. The van der Waals surface area contributed by atoms with Crippen molar-refractivity contribution in [3.63, 3.8) is 0 Å². The second kappa shape index (κ2) is 9.06. The minimum Gasteiger partial charge on any atom is -0.390 e. The lowest BCUT2D eigenvalue weighted by molar-refractivity contribution is -0.120. The summed E-state index contributed by atoms with van der Waals surface area (Å²) in [7, 11) is 0. The number of carbonyl (C=O) groups is 1. The molecule has 1 aliphatic rings. The van der Waals surface area contributed by atoms with Crippen LogP contribution in [0.1, 0.15) is 43.4 Å². The van der Waals surface area contributed by atoms with E-state index in [0.717, 1.165) is 35.6 Å². The SMILES string of the molecule is C=C(C)c1cccc(C2(NCC(O)[C@H](Cc3cc(F)cc(F)c3)NC(C)=O)CC2)c1. The van der Waals surface area contributed by atoms with Gasteiger partial charge >= 0.3 is 0 Å². The Bertz CT molecular complexity index is 920. The van der Waals surface area contributed by atoms with Crippen molar-refractivity contribution in [1.82, 2.24) is 10.6 Å². The highest BCUT2D eigenvalue weighted by Gasteiger charge is 2.44. The smallest absolute Gasteiger partial charge is 0.217 e. The summed E-state index contributed by atoms with van der Waals surface area (Å²) in [4.78, 5) is 11.6. The van der Waals surface area contributed by atoms with Gasteiger partial charge in [0.1, 0.15) is 11.6 Å². The Morgan fingerprint density at radius 2 is 1.83 bits per heavy atom. The highest BCUT2D eigenvalue weighted by atomic mass is 19.1. The van der Waals surface area contributed by atoms with Crippen LogP contribution in [0.2, 0.25) is 0 Å². The molecule has 0 aliphatic heterocycles. The molecule has 4 nitrogen and oxygen atoms in total. The zero-order chi connectivity index (χ0) is 21.9. The molecule has 0 saturated heterocycles. The molecule has 3 rings (SSSR count). The van der Waals surface area contributed by atoms with E-state index in [4.69, 9.17) is 0 Å². The number of hydrogen-bond acceptors (Lipinski definition) is 3. The van der Waals surface area contributed by atoms with E-state index >= 15 is 0 Å². The summed E-state index contributed by atoms with van der Waals surface area (Å²) in [5, 5.41) is 16.9. The molecule has 2 aromatic rings. The molecule has 2 atom stereocenters. The number of aliphatic hydroxyl groups is 1. The third-order valence-corrected chi connectivity index (χ3v) is 5.54. The number of rotatable bonds is 9. The zero-order valence-corrected chi connectivity index (χ0v) is 17.3. The fourth-order valence-corrected chi connectivity index (χ4v) is 3.74. The van der Waals surface area contributed by atoms with Crippen LogP contribution in [0.3, 0.4) is 0 Å². The molecular weight excluding hydrogens is 386 g/mol. The normalized spacial score (nSPS) is 16.6. The number of halogens is 2. The first-order valence-corrected chi connectivity index (χ1v) is 10.1. The number of hydrogen-bond donors (Lipinski definition) is 3. The second-order valence-electron chi connectivity index (χ2n) is 8.18. The maximum absolute atomic E-state index is 13.5. The van der Waals surface area contributed by atoms with E-state index < -0.39 is 23.8 Å². The standard InChI is InChI=1S/C24H28F2N2O2/c1-15(2)18-5-4-6-19(12-18)24(7-8-24)27-14-23(30)22(28-16(3)29)11-17-9-20(25)13-21(26)10-17/h4-6,9-10,12-13,22-23,27,30H,1,7-8,11,14H2,2-3H3,(H,28,29)/t22-,23?/m0/s1. The number of allylic oxidation sites excluding steroid dienone is 1. The van der Waals surface area contributed by atoms with Gasteiger partial charge in [-0.1, -0.05) is 30.4 Å². The van der Waals surface area contributed by atoms with Gasteiger partial charge in [0.05, 0.1) is 12.1 Å². The number of benzene rings is 2. The van der Waals surface area contributed by atoms with Crippen LogP contribution in [0.4, 0.5) is 8.78 Å². The van der Waals surface area contributed by atoms with E-state index in [2.05, 4.69) is 29.3 Å². The van der Waals surface area contributed by atoms with Crippen molar-refractivity contribution in [1.29, 1.82) is 0 Å². The molecule has 160 valence electrons. The molecule has 30 heavy (non-hydrogen) atoms. The van der Waals surface area contributed by atoms with Crippen LogP contribution in [0.15, 0.2) is 49.0 Å². The Kier molecular flexibility index (Phi) is 6.68. The number of amides is 1. The van der Waals surface area contributed by atoms with E-state index in [1.807, 2.05) is 19.1 Å². The van der Waals surface area contributed by atoms with Crippen molar-refractivity contribution >= 4 is 11.5 Å². The summed E-state index contributed by atoms with van der Waals surface area (Å²) < 4.78 is 27.0. The molecule has 0 aromatic heterocycles. The van der Waals surface area contributed by atoms with E-state index in [1.54, 1.807) is 0 Å². The summed E-state index contributed by atoms with van der Waals surface area (Å²) >= 11 is 0. The fourth-order valence-electron chi connectivity index (χ4n) is 3.74. The summed E-state index contributed by atoms with van der Waals surface area (Å²) in [5.74, 6) is -1.69. The quantitative estimate of drug-likeness (QED) is 0.587. The Labute approximate surface area is 176 Å². The fraction of sp³-hybridized carbons (Fsp3) is 0.375. The van der Waals surface area contributed by atoms with Crippen LogP contribution in [-0.4, -0.2) is 29.7 Å². The molecule has 0 heterocycles. The predicted octanol–water partition coefficient (Wildman–Crippen LogP) is 3.68. The van der Waals surface area contributed by atoms with Crippen molar-refractivity contribution in [2.75, 3.05) is 6.54 Å². The van der Waals surface area contributed by atoms with Crippen LogP contribution in [0, 0.1) is 11.6 Å². The molecule has 1 unspecified atom stereocenters. The van der Waals surface area contributed by atoms with E-state index in [1.165, 1.54) is 19.1 Å².